The molecule has 8 heteroatoms. The van der Waals surface area contributed by atoms with Crippen LogP contribution in [0, 0.1) is 0 Å². The Balaban J connectivity index is 3.29. The predicted octanol–water partition coefficient (Wildman–Crippen LogP) is 1.97. The van der Waals surface area contributed by atoms with Crippen LogP contribution < -0.4 is 5.73 Å². The third-order valence-electron chi connectivity index (χ3n) is 2.53. The first-order valence-corrected chi connectivity index (χ1v) is 7.90. The fraction of sp³-hybridized carbons (Fsp3) is 0.455. The standard InChI is InChI=1S/C11H16Cl2N2O3S/c1-2-5-15(6-7-16)19(17,18)9-4-3-8(12)11(14)10(9)13/h3-4,16H,2,5-7,14H2,1H3. The van der Waals surface area contributed by atoms with Crippen molar-refractivity contribution < 1.29 is 13.5 Å². The summed E-state index contributed by atoms with van der Waals surface area (Å²) in [5.74, 6) is 0. The summed E-state index contributed by atoms with van der Waals surface area (Å²) < 4.78 is 26.0. The molecular formula is C11H16Cl2N2O3S. The second-order valence-corrected chi connectivity index (χ2v) is 6.59. The summed E-state index contributed by atoms with van der Waals surface area (Å²) in [7, 11) is -3.79. The lowest BCUT2D eigenvalue weighted by Gasteiger charge is -2.21. The van der Waals surface area contributed by atoms with Crippen LogP contribution >= 0.6 is 23.2 Å². The van der Waals surface area contributed by atoms with Gasteiger partial charge in [-0.15, -0.1) is 0 Å². The average molecular weight is 327 g/mol. The Morgan fingerprint density at radius 3 is 2.47 bits per heavy atom. The minimum Gasteiger partial charge on any atom is -0.396 e. The van der Waals surface area contributed by atoms with Crippen LogP contribution in [0.25, 0.3) is 0 Å². The largest absolute Gasteiger partial charge is 0.396 e. The van der Waals surface area contributed by atoms with Crippen LogP contribution in [-0.2, 0) is 10.0 Å². The van der Waals surface area contributed by atoms with E-state index in [9.17, 15) is 8.42 Å². The van der Waals surface area contributed by atoms with Gasteiger partial charge in [-0.05, 0) is 18.6 Å². The highest BCUT2D eigenvalue weighted by atomic mass is 35.5. The molecule has 0 amide bonds. The molecule has 0 aliphatic heterocycles. The summed E-state index contributed by atoms with van der Waals surface area (Å²) in [5.41, 5.74) is 5.66. The maximum atomic E-state index is 12.4. The molecule has 1 rings (SSSR count). The van der Waals surface area contributed by atoms with Crippen LogP contribution in [0.15, 0.2) is 17.0 Å². The summed E-state index contributed by atoms with van der Waals surface area (Å²) >= 11 is 11.7. The van der Waals surface area contributed by atoms with Crippen molar-refractivity contribution in [2.24, 2.45) is 0 Å². The number of nitrogens with two attached hydrogens (primary N) is 1. The summed E-state index contributed by atoms with van der Waals surface area (Å²) in [6.07, 6.45) is 0.625. The summed E-state index contributed by atoms with van der Waals surface area (Å²) in [6, 6.07) is 2.70. The number of aliphatic hydroxyl groups excluding tert-OH is 1. The Morgan fingerprint density at radius 1 is 1.32 bits per heavy atom. The summed E-state index contributed by atoms with van der Waals surface area (Å²) in [6.45, 7) is 1.88. The number of hydrogen-bond acceptors (Lipinski definition) is 4. The molecular weight excluding hydrogens is 311 g/mol. The minimum atomic E-state index is -3.79. The van der Waals surface area contributed by atoms with Crippen molar-refractivity contribution in [2.45, 2.75) is 18.2 Å². The van der Waals surface area contributed by atoms with Crippen molar-refractivity contribution in [1.29, 1.82) is 0 Å². The van der Waals surface area contributed by atoms with Gasteiger partial charge < -0.3 is 10.8 Å². The highest BCUT2D eigenvalue weighted by Gasteiger charge is 2.27. The maximum absolute atomic E-state index is 12.4. The number of nitrogen functional groups attached to an aromatic ring is 1. The first-order valence-electron chi connectivity index (χ1n) is 5.70. The molecule has 19 heavy (non-hydrogen) atoms. The van der Waals surface area contributed by atoms with Crippen LogP contribution in [0.1, 0.15) is 13.3 Å². The van der Waals surface area contributed by atoms with Crippen LogP contribution in [0.4, 0.5) is 5.69 Å². The molecule has 108 valence electrons. The molecule has 0 aromatic heterocycles. The number of rotatable bonds is 6. The monoisotopic (exact) mass is 326 g/mol. The van der Waals surface area contributed by atoms with E-state index in [1.807, 2.05) is 6.92 Å². The van der Waals surface area contributed by atoms with Gasteiger partial charge in [-0.2, -0.15) is 4.31 Å². The van der Waals surface area contributed by atoms with E-state index in [-0.39, 0.29) is 33.8 Å². The lowest BCUT2D eigenvalue weighted by atomic mass is 10.3. The Morgan fingerprint density at radius 2 is 1.95 bits per heavy atom. The Hall–Kier alpha value is -0.530. The number of sulfonamides is 1. The average Bonchev–Trinajstić information content (AvgIpc) is 2.35. The molecule has 5 nitrogen and oxygen atoms in total. The number of hydrogen-bond donors (Lipinski definition) is 2. The van der Waals surface area contributed by atoms with Crippen molar-refractivity contribution >= 4 is 38.9 Å². The van der Waals surface area contributed by atoms with E-state index < -0.39 is 10.0 Å². The topological polar surface area (TPSA) is 83.6 Å². The van der Waals surface area contributed by atoms with Crippen LogP contribution in [0.3, 0.4) is 0 Å². The zero-order valence-electron chi connectivity index (χ0n) is 10.4. The van der Waals surface area contributed by atoms with Crippen molar-refractivity contribution in [3.63, 3.8) is 0 Å². The number of benzene rings is 1. The zero-order chi connectivity index (χ0) is 14.6. The Kier molecular flexibility index (Phi) is 5.88. The van der Waals surface area contributed by atoms with Crippen LogP contribution in [-0.4, -0.2) is 37.5 Å². The third kappa shape index (κ3) is 3.52. The van der Waals surface area contributed by atoms with Crippen LogP contribution in [0.2, 0.25) is 10.0 Å². The number of anilines is 1. The van der Waals surface area contributed by atoms with E-state index in [1.165, 1.54) is 16.4 Å². The van der Waals surface area contributed by atoms with E-state index in [0.717, 1.165) is 0 Å². The van der Waals surface area contributed by atoms with Gasteiger partial charge in [0, 0.05) is 13.1 Å². The molecule has 3 N–H and O–H groups in total. The minimum absolute atomic E-state index is 0.00896. The lowest BCUT2D eigenvalue weighted by molar-refractivity contribution is 0.253. The molecule has 0 aliphatic carbocycles. The second-order valence-electron chi connectivity index (χ2n) is 3.90. The normalized spacial score (nSPS) is 12.1. The van der Waals surface area contributed by atoms with Crippen molar-refractivity contribution in [3.05, 3.63) is 22.2 Å². The lowest BCUT2D eigenvalue weighted by Crippen LogP contribution is -2.34. The molecule has 0 bridgehead atoms. The quantitative estimate of drug-likeness (QED) is 0.783. The number of aliphatic hydroxyl groups is 1. The highest BCUT2D eigenvalue weighted by molar-refractivity contribution is 7.89. The first kappa shape index (κ1) is 16.5. The number of nitrogens with zero attached hydrogens (tertiary/aromatic N) is 1. The smallest absolute Gasteiger partial charge is 0.244 e. The first-order chi connectivity index (χ1) is 8.86. The Bertz CT molecular complexity index is 543. The molecule has 0 heterocycles. The van der Waals surface area contributed by atoms with Gasteiger partial charge in [0.15, 0.2) is 0 Å². The molecule has 1 aromatic carbocycles. The molecule has 1 aromatic rings. The van der Waals surface area contributed by atoms with Gasteiger partial charge in [0.2, 0.25) is 10.0 Å². The molecule has 0 saturated heterocycles. The molecule has 0 aliphatic rings. The zero-order valence-corrected chi connectivity index (χ0v) is 12.8. The highest BCUT2D eigenvalue weighted by Crippen LogP contribution is 2.34. The fourth-order valence-corrected chi connectivity index (χ4v) is 3.86. The number of halogens is 2. The van der Waals surface area contributed by atoms with Crippen LogP contribution in [0.5, 0.6) is 0 Å². The molecule has 0 radical (unpaired) electrons. The van der Waals surface area contributed by atoms with Gasteiger partial charge in [-0.3, -0.25) is 0 Å². The molecule has 0 saturated carbocycles. The summed E-state index contributed by atoms with van der Waals surface area (Å²) in [5, 5.41) is 9.07. The van der Waals surface area contributed by atoms with E-state index >= 15 is 0 Å². The van der Waals surface area contributed by atoms with Gasteiger partial charge in [0.05, 0.1) is 22.3 Å². The van der Waals surface area contributed by atoms with E-state index in [1.54, 1.807) is 0 Å². The molecule has 0 fully saturated rings. The van der Waals surface area contributed by atoms with E-state index in [0.29, 0.717) is 13.0 Å². The van der Waals surface area contributed by atoms with Gasteiger partial charge in [-0.1, -0.05) is 30.1 Å². The van der Waals surface area contributed by atoms with E-state index in [2.05, 4.69) is 0 Å². The van der Waals surface area contributed by atoms with Gasteiger partial charge in [-0.25, -0.2) is 8.42 Å². The molecule has 0 atom stereocenters. The predicted molar refractivity (Wildman–Crippen MR) is 77.0 cm³/mol. The third-order valence-corrected chi connectivity index (χ3v) is 5.32. The van der Waals surface area contributed by atoms with Crippen molar-refractivity contribution in [3.8, 4) is 0 Å². The maximum Gasteiger partial charge on any atom is 0.244 e. The SMILES string of the molecule is CCCN(CCO)S(=O)(=O)c1ccc(Cl)c(N)c1Cl. The Labute approximate surface area is 123 Å². The van der Waals surface area contributed by atoms with Gasteiger partial charge in [0.25, 0.3) is 0 Å². The van der Waals surface area contributed by atoms with Gasteiger partial charge >= 0.3 is 0 Å². The van der Waals surface area contributed by atoms with Crippen molar-refractivity contribution in [1.82, 2.24) is 4.31 Å². The molecule has 0 unspecified atom stereocenters. The summed E-state index contributed by atoms with van der Waals surface area (Å²) in [4.78, 5) is -0.0991. The molecule has 0 spiro atoms. The van der Waals surface area contributed by atoms with Gasteiger partial charge in [0.1, 0.15) is 4.90 Å². The second kappa shape index (κ2) is 6.76. The fourth-order valence-electron chi connectivity index (χ4n) is 1.60. The van der Waals surface area contributed by atoms with E-state index in [4.69, 9.17) is 34.0 Å². The van der Waals surface area contributed by atoms with Crippen molar-refractivity contribution in [2.75, 3.05) is 25.4 Å².